The molecule has 0 amide bonds. The highest BCUT2D eigenvalue weighted by Gasteiger charge is 2.71. The van der Waals surface area contributed by atoms with Crippen LogP contribution in [-0.4, -0.2) is 63.3 Å². The Morgan fingerprint density at radius 1 is 1.18 bits per heavy atom. The van der Waals surface area contributed by atoms with Crippen molar-refractivity contribution in [3.63, 3.8) is 0 Å². The van der Waals surface area contributed by atoms with Gasteiger partial charge in [0.05, 0.1) is 12.7 Å². The largest absolute Gasteiger partial charge is 0.390 e. The van der Waals surface area contributed by atoms with E-state index < -0.39 is 42.2 Å². The van der Waals surface area contributed by atoms with Gasteiger partial charge in [0, 0.05) is 5.92 Å². The van der Waals surface area contributed by atoms with E-state index in [1.165, 1.54) is 6.08 Å². The predicted molar refractivity (Wildman–Crippen MR) is 77.0 cm³/mol. The summed E-state index contributed by atoms with van der Waals surface area (Å²) in [6, 6.07) is 8.88. The Labute approximate surface area is 128 Å². The molecule has 1 aliphatic heterocycles. The Balaban J connectivity index is 1.86. The summed E-state index contributed by atoms with van der Waals surface area (Å²) in [5.41, 5.74) is -1.08. The minimum atomic E-state index is -1.76. The number of benzene rings is 1. The molecule has 1 saturated carbocycles. The summed E-state index contributed by atoms with van der Waals surface area (Å²) in [5.74, 6) is -0.733. The van der Waals surface area contributed by atoms with Gasteiger partial charge in [0.2, 0.25) is 0 Å². The lowest BCUT2D eigenvalue weighted by Gasteiger charge is -2.61. The Hall–Kier alpha value is -1.28. The number of rotatable bonds is 4. The number of hydrogen-bond acceptors (Lipinski definition) is 6. The van der Waals surface area contributed by atoms with Gasteiger partial charge in [0.15, 0.2) is 6.29 Å². The van der Waals surface area contributed by atoms with Crippen molar-refractivity contribution in [2.75, 3.05) is 6.61 Å². The van der Waals surface area contributed by atoms with Crippen molar-refractivity contribution in [3.8, 4) is 0 Å². The lowest BCUT2D eigenvalue weighted by atomic mass is 9.57. The summed E-state index contributed by atoms with van der Waals surface area (Å²) in [5, 5.41) is 41.6. The molecule has 22 heavy (non-hydrogen) atoms. The molecule has 1 aromatic carbocycles. The highest BCUT2D eigenvalue weighted by molar-refractivity contribution is 5.35. The van der Waals surface area contributed by atoms with Crippen molar-refractivity contribution in [1.82, 2.24) is 0 Å². The van der Waals surface area contributed by atoms with Crippen LogP contribution in [0, 0.1) is 0 Å². The van der Waals surface area contributed by atoms with Crippen LogP contribution in [0.15, 0.2) is 43.0 Å². The first-order valence-corrected chi connectivity index (χ1v) is 7.21. The van der Waals surface area contributed by atoms with Gasteiger partial charge in [-0.15, -0.1) is 6.58 Å². The van der Waals surface area contributed by atoms with Crippen LogP contribution in [0.5, 0.6) is 0 Å². The second-order valence-corrected chi connectivity index (χ2v) is 5.75. The summed E-state index contributed by atoms with van der Waals surface area (Å²) < 4.78 is 10.7. The molecule has 1 aromatic rings. The van der Waals surface area contributed by atoms with E-state index >= 15 is 0 Å². The summed E-state index contributed by atoms with van der Waals surface area (Å²) >= 11 is 0. The zero-order valence-electron chi connectivity index (χ0n) is 11.9. The molecular weight excluding hydrogens is 288 g/mol. The van der Waals surface area contributed by atoms with Gasteiger partial charge < -0.3 is 29.9 Å². The van der Waals surface area contributed by atoms with E-state index in [1.807, 2.05) is 6.07 Å². The van der Waals surface area contributed by atoms with E-state index in [4.69, 9.17) is 9.47 Å². The van der Waals surface area contributed by atoms with Crippen molar-refractivity contribution in [2.24, 2.45) is 0 Å². The van der Waals surface area contributed by atoms with Gasteiger partial charge in [-0.25, -0.2) is 0 Å². The van der Waals surface area contributed by atoms with Crippen molar-refractivity contribution in [3.05, 3.63) is 48.6 Å². The molecule has 7 atom stereocenters. The molecule has 0 spiro atoms. The Morgan fingerprint density at radius 3 is 2.50 bits per heavy atom. The van der Waals surface area contributed by atoms with Crippen LogP contribution in [0.4, 0.5) is 0 Å². The molecule has 3 rings (SSSR count). The van der Waals surface area contributed by atoms with Gasteiger partial charge in [0.1, 0.15) is 23.9 Å². The third-order valence-corrected chi connectivity index (χ3v) is 4.50. The molecule has 0 bridgehead atoms. The van der Waals surface area contributed by atoms with Crippen LogP contribution >= 0.6 is 0 Å². The molecule has 0 aromatic heterocycles. The van der Waals surface area contributed by atoms with Crippen LogP contribution in [-0.2, 0) is 9.47 Å². The van der Waals surface area contributed by atoms with Gasteiger partial charge in [-0.1, -0.05) is 36.4 Å². The Bertz CT molecular complexity index is 531. The van der Waals surface area contributed by atoms with Crippen molar-refractivity contribution >= 4 is 0 Å². The van der Waals surface area contributed by atoms with E-state index in [1.54, 1.807) is 24.3 Å². The van der Waals surface area contributed by atoms with Crippen LogP contribution in [0.1, 0.15) is 11.5 Å². The SMILES string of the molecule is C=CCO[C@@H]1O[C@@H]2C(O)C(c3ccccc3)[C@]2(O)[C@H](O)[C@H]1O. The summed E-state index contributed by atoms with van der Waals surface area (Å²) in [6.45, 7) is 3.62. The number of hydrogen-bond donors (Lipinski definition) is 4. The van der Waals surface area contributed by atoms with Gasteiger partial charge >= 0.3 is 0 Å². The molecule has 2 unspecified atom stereocenters. The van der Waals surface area contributed by atoms with E-state index in [0.717, 1.165) is 0 Å². The quantitative estimate of drug-likeness (QED) is 0.561. The van der Waals surface area contributed by atoms with E-state index in [-0.39, 0.29) is 6.61 Å². The van der Waals surface area contributed by atoms with Crippen molar-refractivity contribution < 1.29 is 29.9 Å². The van der Waals surface area contributed by atoms with Gasteiger partial charge in [-0.05, 0) is 5.56 Å². The molecule has 4 N–H and O–H groups in total. The first kappa shape index (κ1) is 15.6. The predicted octanol–water partition coefficient (Wildman–Crippen LogP) is -0.475. The fraction of sp³-hybridized carbons (Fsp3) is 0.500. The van der Waals surface area contributed by atoms with Crippen LogP contribution < -0.4 is 0 Å². The first-order chi connectivity index (χ1) is 10.5. The average Bonchev–Trinajstić information content (AvgIpc) is 2.53. The van der Waals surface area contributed by atoms with Crippen LogP contribution in [0.25, 0.3) is 0 Å². The molecule has 6 nitrogen and oxygen atoms in total. The highest BCUT2D eigenvalue weighted by atomic mass is 16.7. The maximum Gasteiger partial charge on any atom is 0.187 e. The van der Waals surface area contributed by atoms with Crippen molar-refractivity contribution in [2.45, 2.75) is 42.2 Å². The van der Waals surface area contributed by atoms with Gasteiger partial charge in [-0.2, -0.15) is 0 Å². The third kappa shape index (κ3) is 2.11. The van der Waals surface area contributed by atoms with Gasteiger partial charge in [-0.3, -0.25) is 0 Å². The summed E-state index contributed by atoms with van der Waals surface area (Å²) in [7, 11) is 0. The standard InChI is InChI=1S/C16H20O6/c1-2-8-21-15-12(18)13(19)16(20)10(11(17)14(16)22-15)9-6-4-3-5-7-9/h2-7,10-15,17-20H,1,8H2/t10?,11?,12-,13-,14-,15-,16+/m1/s1. The molecule has 0 radical (unpaired) electrons. The van der Waals surface area contributed by atoms with E-state index in [2.05, 4.69) is 6.58 Å². The topological polar surface area (TPSA) is 99.4 Å². The lowest BCUT2D eigenvalue weighted by molar-refractivity contribution is -0.385. The molecule has 1 heterocycles. The van der Waals surface area contributed by atoms with Gasteiger partial charge in [0.25, 0.3) is 0 Å². The highest BCUT2D eigenvalue weighted by Crippen LogP contribution is 2.53. The van der Waals surface area contributed by atoms with Crippen molar-refractivity contribution in [1.29, 1.82) is 0 Å². The number of ether oxygens (including phenoxy) is 2. The Morgan fingerprint density at radius 2 is 1.86 bits per heavy atom. The minimum Gasteiger partial charge on any atom is -0.390 e. The molecule has 120 valence electrons. The first-order valence-electron chi connectivity index (χ1n) is 7.21. The van der Waals surface area contributed by atoms with E-state index in [0.29, 0.717) is 5.56 Å². The number of aliphatic hydroxyl groups is 4. The second-order valence-electron chi connectivity index (χ2n) is 5.75. The molecular formula is C16H20O6. The molecule has 2 fully saturated rings. The minimum absolute atomic E-state index is 0.123. The molecule has 6 heteroatoms. The third-order valence-electron chi connectivity index (χ3n) is 4.50. The smallest absolute Gasteiger partial charge is 0.187 e. The fourth-order valence-electron chi connectivity index (χ4n) is 3.39. The normalized spacial score (nSPS) is 44.0. The number of aliphatic hydroxyl groups excluding tert-OH is 3. The summed E-state index contributed by atoms with van der Waals surface area (Å²) in [6.07, 6.45) is -4.57. The van der Waals surface area contributed by atoms with Crippen LogP contribution in [0.3, 0.4) is 0 Å². The average molecular weight is 308 g/mol. The zero-order valence-corrected chi connectivity index (χ0v) is 11.9. The monoisotopic (exact) mass is 308 g/mol. The fourth-order valence-corrected chi connectivity index (χ4v) is 3.39. The van der Waals surface area contributed by atoms with Crippen LogP contribution in [0.2, 0.25) is 0 Å². The molecule has 1 saturated heterocycles. The maximum atomic E-state index is 10.8. The second kappa shape index (κ2) is 5.73. The lowest BCUT2D eigenvalue weighted by Crippen LogP contribution is -2.80. The zero-order chi connectivity index (χ0) is 15.9. The molecule has 1 aliphatic carbocycles. The molecule has 2 aliphatic rings. The van der Waals surface area contributed by atoms with E-state index in [9.17, 15) is 20.4 Å². The number of fused-ring (bicyclic) bond motifs is 1. The summed E-state index contributed by atoms with van der Waals surface area (Å²) in [4.78, 5) is 0. The Kier molecular flexibility index (Phi) is 4.07. The maximum absolute atomic E-state index is 10.8.